The second-order valence-electron chi connectivity index (χ2n) is 10.1. The van der Waals surface area contributed by atoms with Gasteiger partial charge < -0.3 is 10.1 Å². The summed E-state index contributed by atoms with van der Waals surface area (Å²) in [7, 11) is 1.58. The number of pyridine rings is 2. The Bertz CT molecular complexity index is 1780. The number of halogens is 3. The molecule has 0 aliphatic carbocycles. The van der Waals surface area contributed by atoms with Gasteiger partial charge >= 0.3 is 12.6 Å². The number of aromatic nitrogens is 6. The minimum atomic E-state index is -2.80. The number of carbonyl (C=O) groups is 1. The number of benzene rings is 1. The Morgan fingerprint density at radius 1 is 1.16 bits per heavy atom. The molecule has 15 heteroatoms. The predicted molar refractivity (Wildman–Crippen MR) is 153 cm³/mol. The zero-order valence-corrected chi connectivity index (χ0v) is 23.7. The molecule has 228 valence electrons. The highest BCUT2D eigenvalue weighted by Crippen LogP contribution is 2.33. The van der Waals surface area contributed by atoms with Crippen LogP contribution in [0.1, 0.15) is 23.8 Å². The van der Waals surface area contributed by atoms with Gasteiger partial charge in [0.05, 0.1) is 24.0 Å². The second kappa shape index (κ2) is 12.4. The number of methoxy groups -OCH3 is 1. The molecular weight excluding hydrogens is 579 g/mol. The van der Waals surface area contributed by atoms with Crippen molar-refractivity contribution in [2.75, 3.05) is 32.1 Å². The first-order valence-electron chi connectivity index (χ1n) is 13.7. The molecule has 2 atom stereocenters. The van der Waals surface area contributed by atoms with Crippen molar-refractivity contribution in [2.45, 2.75) is 25.6 Å². The minimum Gasteiger partial charge on any atom is -0.383 e. The van der Waals surface area contributed by atoms with Crippen LogP contribution in [0.5, 0.6) is 0 Å². The number of fused-ring (bicyclic) bond motifs is 1. The van der Waals surface area contributed by atoms with Gasteiger partial charge in [-0.05, 0) is 42.8 Å². The average molecular weight is 608 g/mol. The highest BCUT2D eigenvalue weighted by atomic mass is 19.3. The second-order valence-corrected chi connectivity index (χ2v) is 10.1. The van der Waals surface area contributed by atoms with Gasteiger partial charge in [-0.2, -0.15) is 23.3 Å². The van der Waals surface area contributed by atoms with Crippen molar-refractivity contribution >= 4 is 22.9 Å². The van der Waals surface area contributed by atoms with Crippen molar-refractivity contribution in [2.24, 2.45) is 0 Å². The van der Waals surface area contributed by atoms with Crippen molar-refractivity contribution in [1.82, 2.24) is 39.9 Å². The highest BCUT2D eigenvalue weighted by Gasteiger charge is 2.37. The number of alkyl halides is 2. The van der Waals surface area contributed by atoms with E-state index < -0.39 is 30.7 Å². The molecule has 0 spiro atoms. The third-order valence-electron chi connectivity index (χ3n) is 7.17. The van der Waals surface area contributed by atoms with E-state index in [1.807, 2.05) is 30.3 Å². The molecule has 2 amide bonds. The highest BCUT2D eigenvalue weighted by molar-refractivity contribution is 5.91. The lowest BCUT2D eigenvalue weighted by Gasteiger charge is -2.19. The van der Waals surface area contributed by atoms with Gasteiger partial charge in [0.2, 0.25) is 5.95 Å². The van der Waals surface area contributed by atoms with Gasteiger partial charge in [0.15, 0.2) is 5.65 Å². The van der Waals surface area contributed by atoms with Crippen molar-refractivity contribution in [3.05, 3.63) is 84.2 Å². The third kappa shape index (κ3) is 5.97. The van der Waals surface area contributed by atoms with Gasteiger partial charge in [-0.15, -0.1) is 5.10 Å². The van der Waals surface area contributed by atoms with Crippen molar-refractivity contribution in [3.63, 3.8) is 0 Å². The summed E-state index contributed by atoms with van der Waals surface area (Å²) in [6.45, 7) is 0.162. The predicted octanol–water partition coefficient (Wildman–Crippen LogP) is 4.65. The summed E-state index contributed by atoms with van der Waals surface area (Å²) in [5.74, 6) is -0.275. The fraction of sp³-hybridized carbons (Fsp3) is 0.276. The Morgan fingerprint density at radius 3 is 2.73 bits per heavy atom. The van der Waals surface area contributed by atoms with Crippen LogP contribution in [0.15, 0.2) is 67.1 Å². The van der Waals surface area contributed by atoms with Gasteiger partial charge in [0, 0.05) is 55.3 Å². The summed E-state index contributed by atoms with van der Waals surface area (Å²) in [4.78, 5) is 27.4. The van der Waals surface area contributed by atoms with Crippen LogP contribution in [0.4, 0.5) is 23.8 Å². The Balaban J connectivity index is 1.30. The van der Waals surface area contributed by atoms with Crippen LogP contribution in [0.25, 0.3) is 28.0 Å². The van der Waals surface area contributed by atoms with E-state index in [0.29, 0.717) is 63.7 Å². The Kier molecular flexibility index (Phi) is 8.23. The molecule has 0 unspecified atom stereocenters. The number of para-hydroxylation sites is 1. The number of nitrogens with zero attached hydrogens (tertiary/aromatic N) is 7. The fourth-order valence-electron chi connectivity index (χ4n) is 5.09. The number of nitrogens with one attached hydrogen (secondary N) is 2. The first-order chi connectivity index (χ1) is 21.3. The molecule has 1 aromatic carbocycles. The summed E-state index contributed by atoms with van der Waals surface area (Å²) >= 11 is 0. The van der Waals surface area contributed by atoms with Crippen LogP contribution in [-0.2, 0) is 9.57 Å². The van der Waals surface area contributed by atoms with Crippen molar-refractivity contribution in [1.29, 1.82) is 0 Å². The summed E-state index contributed by atoms with van der Waals surface area (Å²) in [6, 6.07) is 12.7. The van der Waals surface area contributed by atoms with Crippen molar-refractivity contribution in [3.8, 4) is 16.9 Å². The third-order valence-corrected chi connectivity index (χ3v) is 7.17. The van der Waals surface area contributed by atoms with E-state index >= 15 is 0 Å². The molecule has 1 fully saturated rings. The summed E-state index contributed by atoms with van der Waals surface area (Å²) < 4.78 is 47.6. The van der Waals surface area contributed by atoms with Crippen LogP contribution >= 0.6 is 0 Å². The van der Waals surface area contributed by atoms with Crippen LogP contribution in [-0.4, -0.2) is 73.5 Å². The molecular formula is C29H28F3N9O3. The summed E-state index contributed by atoms with van der Waals surface area (Å²) in [6.07, 6.45) is 3.40. The lowest BCUT2D eigenvalue weighted by atomic mass is 10.0. The van der Waals surface area contributed by atoms with Crippen LogP contribution < -0.4 is 10.6 Å². The molecule has 6 rings (SSSR count). The molecule has 0 saturated carbocycles. The van der Waals surface area contributed by atoms with Crippen LogP contribution in [0.2, 0.25) is 0 Å². The maximum absolute atomic E-state index is 14.0. The standard InChI is InChI=1S/C29H28F3N9O3/c1-17-24(19-12-20-15-40(28(31)32)38-26(20)34-14-19)37-41(21-6-4-3-5-7-21)27(17)36-29(42)35-22-16-39(10-11-43-2)44-25(22)18-8-9-33-23(30)13-18/h3-9,12-15,22,25,28H,10-11,16H2,1-2H3,(H2,35,36,42)/t22-,25+/m1/s1. The summed E-state index contributed by atoms with van der Waals surface area (Å²) in [5.41, 5.74) is 3.03. The maximum atomic E-state index is 14.0. The van der Waals surface area contributed by atoms with Gasteiger partial charge in [0.1, 0.15) is 11.9 Å². The number of hydrogen-bond donors (Lipinski definition) is 2. The molecule has 0 bridgehead atoms. The zero-order valence-electron chi connectivity index (χ0n) is 23.7. The SMILES string of the molecule is COCCN1C[C@@H](NC(=O)Nc2c(C)c(-c3cnc4nn(C(F)F)cc4c3)nn2-c2ccccc2)[C@H](c2ccnc(F)c2)O1. The van der Waals surface area contributed by atoms with E-state index in [1.165, 1.54) is 24.7 Å². The van der Waals surface area contributed by atoms with E-state index in [-0.39, 0.29) is 5.65 Å². The van der Waals surface area contributed by atoms with Gasteiger partial charge in [-0.25, -0.2) is 24.1 Å². The van der Waals surface area contributed by atoms with E-state index in [4.69, 9.17) is 14.7 Å². The normalized spacial score (nSPS) is 17.0. The number of amides is 2. The van der Waals surface area contributed by atoms with E-state index in [1.54, 1.807) is 35.9 Å². The fourth-order valence-corrected chi connectivity index (χ4v) is 5.09. The average Bonchev–Trinajstić information content (AvgIpc) is 3.72. The van der Waals surface area contributed by atoms with Crippen molar-refractivity contribution < 1.29 is 27.5 Å². The minimum absolute atomic E-state index is 0.175. The monoisotopic (exact) mass is 607 g/mol. The maximum Gasteiger partial charge on any atom is 0.333 e. The Labute approximate surface area is 249 Å². The lowest BCUT2D eigenvalue weighted by Crippen LogP contribution is -2.42. The molecule has 1 aliphatic rings. The molecule has 1 saturated heterocycles. The van der Waals surface area contributed by atoms with Crippen LogP contribution in [0.3, 0.4) is 0 Å². The van der Waals surface area contributed by atoms with E-state index in [0.717, 1.165) is 0 Å². The van der Waals surface area contributed by atoms with Gasteiger partial charge in [-0.1, -0.05) is 18.2 Å². The number of urea groups is 1. The topological polar surface area (TPSA) is 124 Å². The summed E-state index contributed by atoms with van der Waals surface area (Å²) in [5, 5.41) is 16.5. The van der Waals surface area contributed by atoms with Gasteiger partial charge in [-0.3, -0.25) is 10.2 Å². The Hall–Kier alpha value is -4.86. The Morgan fingerprint density at radius 2 is 1.98 bits per heavy atom. The largest absolute Gasteiger partial charge is 0.383 e. The smallest absolute Gasteiger partial charge is 0.333 e. The molecule has 2 N–H and O–H groups in total. The molecule has 44 heavy (non-hydrogen) atoms. The number of hydrogen-bond acceptors (Lipinski definition) is 8. The number of ether oxygens (including phenoxy) is 1. The molecule has 5 heterocycles. The first kappa shape index (κ1) is 29.2. The quantitative estimate of drug-likeness (QED) is 0.232. The number of hydroxylamine groups is 2. The first-order valence-corrected chi connectivity index (χ1v) is 13.7. The van der Waals surface area contributed by atoms with E-state index in [9.17, 15) is 18.0 Å². The molecule has 5 aromatic rings. The molecule has 12 nitrogen and oxygen atoms in total. The number of carbonyl (C=O) groups excluding carboxylic acids is 1. The van der Waals surface area contributed by atoms with Crippen LogP contribution in [0, 0.1) is 12.9 Å². The molecule has 0 radical (unpaired) electrons. The zero-order chi connectivity index (χ0) is 30.8. The van der Waals surface area contributed by atoms with E-state index in [2.05, 4.69) is 25.7 Å². The van der Waals surface area contributed by atoms with Gasteiger partial charge in [0.25, 0.3) is 0 Å². The lowest BCUT2D eigenvalue weighted by molar-refractivity contribution is -0.154. The number of anilines is 1. The molecule has 1 aliphatic heterocycles. The molecule has 4 aromatic heterocycles. The number of rotatable bonds is 9.